The molecule has 0 heterocycles. The van der Waals surface area contributed by atoms with Gasteiger partial charge in [0.15, 0.2) is 0 Å². The first-order valence-corrected chi connectivity index (χ1v) is 6.23. The summed E-state index contributed by atoms with van der Waals surface area (Å²) in [6.07, 6.45) is 3.80. The van der Waals surface area contributed by atoms with Crippen molar-refractivity contribution < 1.29 is 0 Å². The summed E-state index contributed by atoms with van der Waals surface area (Å²) in [7, 11) is 2.13. The maximum absolute atomic E-state index is 5.91. The number of rotatable bonds is 6. The zero-order valence-electron chi connectivity index (χ0n) is 10.2. The molecule has 0 amide bonds. The van der Waals surface area contributed by atoms with Gasteiger partial charge in [-0.15, -0.1) is 0 Å². The summed E-state index contributed by atoms with van der Waals surface area (Å²) in [5.41, 5.74) is 7.86. The van der Waals surface area contributed by atoms with E-state index in [-0.39, 0.29) is 0 Å². The molecule has 0 aromatic heterocycles. The van der Waals surface area contributed by atoms with Crippen LogP contribution in [-0.2, 0) is 6.54 Å². The van der Waals surface area contributed by atoms with Crippen molar-refractivity contribution in [3.8, 4) is 0 Å². The van der Waals surface area contributed by atoms with Crippen LogP contribution in [0.1, 0.15) is 31.7 Å². The molecule has 2 nitrogen and oxygen atoms in total. The van der Waals surface area contributed by atoms with Crippen molar-refractivity contribution in [3.05, 3.63) is 28.8 Å². The van der Waals surface area contributed by atoms with Gasteiger partial charge < -0.3 is 10.6 Å². The van der Waals surface area contributed by atoms with Crippen LogP contribution in [0, 0.1) is 0 Å². The van der Waals surface area contributed by atoms with Crippen LogP contribution in [0.5, 0.6) is 0 Å². The lowest BCUT2D eigenvalue weighted by Crippen LogP contribution is -2.19. The topological polar surface area (TPSA) is 29.3 Å². The van der Waals surface area contributed by atoms with Gasteiger partial charge in [0.2, 0.25) is 0 Å². The minimum atomic E-state index is 0.704. The largest absolute Gasteiger partial charge is 0.398 e. The van der Waals surface area contributed by atoms with Gasteiger partial charge >= 0.3 is 0 Å². The number of nitrogen functional groups attached to an aromatic ring is 1. The highest BCUT2D eigenvalue weighted by molar-refractivity contribution is 6.30. The molecule has 0 saturated heterocycles. The third kappa shape index (κ3) is 4.42. The second kappa shape index (κ2) is 6.77. The molecule has 0 unspecified atom stereocenters. The van der Waals surface area contributed by atoms with E-state index in [1.807, 2.05) is 18.2 Å². The Morgan fingerprint density at radius 3 is 2.69 bits per heavy atom. The molecule has 1 rings (SSSR count). The highest BCUT2D eigenvalue weighted by Crippen LogP contribution is 2.19. The lowest BCUT2D eigenvalue weighted by atomic mass is 10.1. The van der Waals surface area contributed by atoms with E-state index in [4.69, 9.17) is 17.3 Å². The standard InChI is InChI=1S/C13H21ClN2/c1-3-4-5-8-16(2)10-11-6-7-12(14)9-13(11)15/h6-7,9H,3-5,8,10,15H2,1-2H3. The number of hydrogen-bond acceptors (Lipinski definition) is 2. The number of hydrogen-bond donors (Lipinski definition) is 1. The van der Waals surface area contributed by atoms with E-state index in [1.165, 1.54) is 19.3 Å². The van der Waals surface area contributed by atoms with Gasteiger partial charge in [0, 0.05) is 17.3 Å². The normalized spacial score (nSPS) is 11.0. The summed E-state index contributed by atoms with van der Waals surface area (Å²) in [5.74, 6) is 0. The summed E-state index contributed by atoms with van der Waals surface area (Å²) >= 11 is 5.86. The molecular weight excluding hydrogens is 220 g/mol. The van der Waals surface area contributed by atoms with E-state index in [9.17, 15) is 0 Å². The smallest absolute Gasteiger partial charge is 0.0426 e. The van der Waals surface area contributed by atoms with Crippen LogP contribution in [0.2, 0.25) is 5.02 Å². The van der Waals surface area contributed by atoms with Gasteiger partial charge in [0.05, 0.1) is 0 Å². The van der Waals surface area contributed by atoms with Crippen LogP contribution in [0.25, 0.3) is 0 Å². The van der Waals surface area contributed by atoms with Gasteiger partial charge in [-0.25, -0.2) is 0 Å². The molecule has 16 heavy (non-hydrogen) atoms. The average molecular weight is 241 g/mol. The second-order valence-corrected chi connectivity index (χ2v) is 4.72. The predicted octanol–water partition coefficient (Wildman–Crippen LogP) is 3.54. The lowest BCUT2D eigenvalue weighted by Gasteiger charge is -2.17. The Kier molecular flexibility index (Phi) is 5.64. The van der Waals surface area contributed by atoms with Crippen LogP contribution in [0.3, 0.4) is 0 Å². The third-order valence-corrected chi connectivity index (χ3v) is 2.93. The predicted molar refractivity (Wildman–Crippen MR) is 71.7 cm³/mol. The van der Waals surface area contributed by atoms with Gasteiger partial charge in [-0.3, -0.25) is 0 Å². The van der Waals surface area contributed by atoms with Gasteiger partial charge in [-0.05, 0) is 37.7 Å². The van der Waals surface area contributed by atoms with Gasteiger partial charge in [0.25, 0.3) is 0 Å². The fourth-order valence-electron chi connectivity index (χ4n) is 1.71. The number of benzene rings is 1. The first-order valence-electron chi connectivity index (χ1n) is 5.86. The molecule has 0 fully saturated rings. The molecule has 0 bridgehead atoms. The molecule has 0 aliphatic carbocycles. The summed E-state index contributed by atoms with van der Waals surface area (Å²) in [6, 6.07) is 5.72. The summed E-state index contributed by atoms with van der Waals surface area (Å²) < 4.78 is 0. The van der Waals surface area contributed by atoms with Crippen molar-refractivity contribution >= 4 is 17.3 Å². The van der Waals surface area contributed by atoms with E-state index >= 15 is 0 Å². The molecule has 3 heteroatoms. The van der Waals surface area contributed by atoms with Crippen molar-refractivity contribution in [2.45, 2.75) is 32.7 Å². The van der Waals surface area contributed by atoms with Gasteiger partial charge in [0.1, 0.15) is 0 Å². The van der Waals surface area contributed by atoms with Crippen molar-refractivity contribution in [1.82, 2.24) is 4.90 Å². The van der Waals surface area contributed by atoms with Crippen LogP contribution in [-0.4, -0.2) is 18.5 Å². The lowest BCUT2D eigenvalue weighted by molar-refractivity contribution is 0.318. The molecule has 2 N–H and O–H groups in total. The Bertz CT molecular complexity index is 326. The molecule has 1 aromatic carbocycles. The van der Waals surface area contributed by atoms with Crippen molar-refractivity contribution in [1.29, 1.82) is 0 Å². The van der Waals surface area contributed by atoms with E-state index in [0.29, 0.717) is 5.02 Å². The van der Waals surface area contributed by atoms with Crippen LogP contribution in [0.4, 0.5) is 5.69 Å². The van der Waals surface area contributed by atoms with Crippen LogP contribution < -0.4 is 5.73 Å². The molecule has 0 aliphatic heterocycles. The number of nitrogens with two attached hydrogens (primary N) is 1. The van der Waals surface area contributed by atoms with E-state index in [2.05, 4.69) is 18.9 Å². The Labute approximate surface area is 103 Å². The number of nitrogens with zero attached hydrogens (tertiary/aromatic N) is 1. The van der Waals surface area contributed by atoms with Crippen LogP contribution in [0.15, 0.2) is 18.2 Å². The average Bonchev–Trinajstić information content (AvgIpc) is 2.23. The zero-order chi connectivity index (χ0) is 12.0. The van der Waals surface area contributed by atoms with E-state index < -0.39 is 0 Å². The van der Waals surface area contributed by atoms with Crippen molar-refractivity contribution in [3.63, 3.8) is 0 Å². The zero-order valence-corrected chi connectivity index (χ0v) is 10.9. The molecule has 0 aliphatic rings. The molecule has 0 spiro atoms. The summed E-state index contributed by atoms with van der Waals surface area (Å²) in [5, 5.41) is 0.704. The Balaban J connectivity index is 2.46. The van der Waals surface area contributed by atoms with Gasteiger partial charge in [-0.2, -0.15) is 0 Å². The summed E-state index contributed by atoms with van der Waals surface area (Å²) in [4.78, 5) is 2.30. The van der Waals surface area contributed by atoms with Crippen molar-refractivity contribution in [2.24, 2.45) is 0 Å². The highest BCUT2D eigenvalue weighted by Gasteiger charge is 2.04. The number of halogens is 1. The summed E-state index contributed by atoms with van der Waals surface area (Å²) in [6.45, 7) is 4.24. The molecule has 90 valence electrons. The Hall–Kier alpha value is -0.730. The Morgan fingerprint density at radius 1 is 1.31 bits per heavy atom. The van der Waals surface area contributed by atoms with Crippen molar-refractivity contribution in [2.75, 3.05) is 19.3 Å². The van der Waals surface area contributed by atoms with Crippen LogP contribution >= 0.6 is 11.6 Å². The molecule has 0 radical (unpaired) electrons. The molecular formula is C13H21ClN2. The molecule has 0 saturated carbocycles. The maximum atomic E-state index is 5.91. The SMILES string of the molecule is CCCCCN(C)Cc1ccc(Cl)cc1N. The first kappa shape index (κ1) is 13.3. The molecule has 1 aromatic rings. The maximum Gasteiger partial charge on any atom is 0.0426 e. The quantitative estimate of drug-likeness (QED) is 0.609. The monoisotopic (exact) mass is 240 g/mol. The Morgan fingerprint density at radius 2 is 2.06 bits per heavy atom. The minimum Gasteiger partial charge on any atom is -0.398 e. The second-order valence-electron chi connectivity index (χ2n) is 4.29. The van der Waals surface area contributed by atoms with E-state index in [0.717, 1.165) is 24.3 Å². The fourth-order valence-corrected chi connectivity index (χ4v) is 1.89. The number of anilines is 1. The van der Waals surface area contributed by atoms with E-state index in [1.54, 1.807) is 0 Å². The minimum absolute atomic E-state index is 0.704. The first-order chi connectivity index (χ1) is 7.63. The fraction of sp³-hybridized carbons (Fsp3) is 0.538. The number of unbranched alkanes of at least 4 members (excludes halogenated alkanes) is 2. The highest BCUT2D eigenvalue weighted by atomic mass is 35.5. The molecule has 0 atom stereocenters. The van der Waals surface area contributed by atoms with Gasteiger partial charge in [-0.1, -0.05) is 37.4 Å². The third-order valence-electron chi connectivity index (χ3n) is 2.69.